The number of benzene rings is 2. The lowest BCUT2D eigenvalue weighted by molar-refractivity contribution is -0.146. The van der Waals surface area contributed by atoms with Crippen molar-refractivity contribution in [1.29, 1.82) is 0 Å². The lowest BCUT2D eigenvalue weighted by Gasteiger charge is -2.27. The van der Waals surface area contributed by atoms with Crippen molar-refractivity contribution in [2.75, 3.05) is 20.0 Å². The number of carbonyl (C=O) groups is 2. The predicted molar refractivity (Wildman–Crippen MR) is 153 cm³/mol. The standard InChI is InChI=1S/C16H20F3N3O2.C13H14F3N3O2/c17-10-16(11-18,12-19)8-14(21-22-20)6-7-15(23)24-9-13-4-2-1-3-5-13;14-13(15,16)8-11(18-19-17)7-10(12(20)21)6-9-4-2-1-3-5-9/h1-5,14H,6-12H2;1-5,10-11H,6-8H2,(H,20,21). The second-order valence-corrected chi connectivity index (χ2v) is 10.3. The van der Waals surface area contributed by atoms with Gasteiger partial charge in [0, 0.05) is 28.3 Å². The van der Waals surface area contributed by atoms with Crippen LogP contribution in [0.5, 0.6) is 0 Å². The molecule has 0 saturated heterocycles. The zero-order valence-corrected chi connectivity index (χ0v) is 24.2. The van der Waals surface area contributed by atoms with E-state index in [9.17, 15) is 35.9 Å². The molecule has 1 N–H and O–H groups in total. The van der Waals surface area contributed by atoms with Crippen LogP contribution >= 0.6 is 0 Å². The van der Waals surface area contributed by atoms with Crippen LogP contribution in [0.1, 0.15) is 43.2 Å². The summed E-state index contributed by atoms with van der Waals surface area (Å²) in [5.41, 5.74) is 16.6. The number of hydrogen-bond donors (Lipinski definition) is 1. The number of esters is 1. The number of carboxylic acids is 1. The van der Waals surface area contributed by atoms with Gasteiger partial charge >= 0.3 is 18.1 Å². The number of carboxylic acid groups (broad SMARTS) is 1. The summed E-state index contributed by atoms with van der Waals surface area (Å²) in [5.74, 6) is -2.77. The molecule has 0 amide bonds. The third-order valence-electron chi connectivity index (χ3n) is 6.57. The van der Waals surface area contributed by atoms with Crippen molar-refractivity contribution < 1.29 is 45.8 Å². The highest BCUT2D eigenvalue weighted by Crippen LogP contribution is 2.30. The van der Waals surface area contributed by atoms with E-state index in [4.69, 9.17) is 20.9 Å². The summed E-state index contributed by atoms with van der Waals surface area (Å²) in [7, 11) is 0. The van der Waals surface area contributed by atoms with Gasteiger partial charge in [0.15, 0.2) is 0 Å². The van der Waals surface area contributed by atoms with E-state index >= 15 is 0 Å². The second kappa shape index (κ2) is 20.5. The Morgan fingerprint density at radius 2 is 1.33 bits per heavy atom. The normalized spacial score (nSPS) is 13.1. The number of ether oxygens (including phenoxy) is 1. The Bertz CT molecular complexity index is 1250. The Labute approximate surface area is 255 Å². The average molecular weight is 645 g/mol. The van der Waals surface area contributed by atoms with Gasteiger partial charge in [0.2, 0.25) is 0 Å². The van der Waals surface area contributed by atoms with E-state index in [0.717, 1.165) is 5.56 Å². The second-order valence-electron chi connectivity index (χ2n) is 10.3. The van der Waals surface area contributed by atoms with E-state index in [1.165, 1.54) is 0 Å². The molecule has 0 aliphatic rings. The van der Waals surface area contributed by atoms with Crippen molar-refractivity contribution in [2.24, 2.45) is 21.6 Å². The van der Waals surface area contributed by atoms with E-state index in [0.29, 0.717) is 5.56 Å². The average Bonchev–Trinajstić information content (AvgIpc) is 3.02. The Kier molecular flexibility index (Phi) is 17.6. The van der Waals surface area contributed by atoms with Crippen LogP contribution < -0.4 is 0 Å². The van der Waals surface area contributed by atoms with Crippen LogP contribution in [0.3, 0.4) is 0 Å². The van der Waals surface area contributed by atoms with Crippen molar-refractivity contribution in [3.63, 3.8) is 0 Å². The van der Waals surface area contributed by atoms with E-state index < -0.39 is 68.0 Å². The van der Waals surface area contributed by atoms with Gasteiger partial charge in [0.05, 0.1) is 17.8 Å². The molecule has 246 valence electrons. The number of nitrogens with zero attached hydrogens (tertiary/aromatic N) is 6. The molecule has 2 aromatic carbocycles. The molecule has 0 saturated carbocycles. The molecule has 0 aliphatic heterocycles. The summed E-state index contributed by atoms with van der Waals surface area (Å²) >= 11 is 0. The first-order chi connectivity index (χ1) is 21.4. The number of alkyl halides is 6. The van der Waals surface area contributed by atoms with Crippen LogP contribution in [0.25, 0.3) is 20.9 Å². The molecule has 45 heavy (non-hydrogen) atoms. The fraction of sp³-hybridized carbons (Fsp3) is 0.517. The Hall–Kier alpha value is -4.42. The van der Waals surface area contributed by atoms with Gasteiger partial charge in [0.1, 0.15) is 26.6 Å². The van der Waals surface area contributed by atoms with Crippen LogP contribution in [0.2, 0.25) is 0 Å². The lowest BCUT2D eigenvalue weighted by atomic mass is 9.84. The van der Waals surface area contributed by atoms with Crippen molar-refractivity contribution in [3.05, 3.63) is 92.7 Å². The molecule has 2 aromatic rings. The molecule has 16 heteroatoms. The number of halogens is 6. The maximum absolute atomic E-state index is 12.9. The predicted octanol–water partition coefficient (Wildman–Crippen LogP) is 8.43. The van der Waals surface area contributed by atoms with Gasteiger partial charge in [-0.05, 0) is 47.9 Å². The fourth-order valence-electron chi connectivity index (χ4n) is 4.15. The third-order valence-corrected chi connectivity index (χ3v) is 6.57. The molecule has 0 radical (unpaired) electrons. The monoisotopic (exact) mass is 644 g/mol. The van der Waals surface area contributed by atoms with E-state index in [1.807, 2.05) is 18.2 Å². The zero-order chi connectivity index (χ0) is 33.7. The molecule has 0 fully saturated rings. The highest BCUT2D eigenvalue weighted by Gasteiger charge is 2.35. The first-order valence-corrected chi connectivity index (χ1v) is 13.7. The minimum absolute atomic E-state index is 0.0411. The van der Waals surface area contributed by atoms with Gasteiger partial charge < -0.3 is 9.84 Å². The van der Waals surface area contributed by atoms with Crippen LogP contribution in [0.4, 0.5) is 26.3 Å². The van der Waals surface area contributed by atoms with Crippen LogP contribution in [0.15, 0.2) is 70.9 Å². The number of hydrogen-bond acceptors (Lipinski definition) is 5. The van der Waals surface area contributed by atoms with Crippen LogP contribution in [-0.4, -0.2) is 55.3 Å². The largest absolute Gasteiger partial charge is 0.481 e. The number of aliphatic carboxylic acids is 1. The molecule has 0 spiro atoms. The summed E-state index contributed by atoms with van der Waals surface area (Å²) in [6.07, 6.45) is -6.44. The summed E-state index contributed by atoms with van der Waals surface area (Å²) < 4.78 is 80.9. The molecule has 3 unspecified atom stereocenters. The molecule has 3 atom stereocenters. The van der Waals surface area contributed by atoms with E-state index in [1.54, 1.807) is 42.5 Å². The lowest BCUT2D eigenvalue weighted by Crippen LogP contribution is -2.33. The van der Waals surface area contributed by atoms with Crippen molar-refractivity contribution in [3.8, 4) is 0 Å². The van der Waals surface area contributed by atoms with Gasteiger partial charge in [-0.3, -0.25) is 22.8 Å². The van der Waals surface area contributed by atoms with Gasteiger partial charge in [-0.25, -0.2) is 0 Å². The highest BCUT2D eigenvalue weighted by atomic mass is 19.4. The topological polar surface area (TPSA) is 161 Å². The van der Waals surface area contributed by atoms with Gasteiger partial charge in [-0.2, -0.15) is 13.2 Å². The molecule has 0 aliphatic carbocycles. The van der Waals surface area contributed by atoms with E-state index in [-0.39, 0.29) is 38.7 Å². The molecule has 0 aromatic heterocycles. The fourth-order valence-corrected chi connectivity index (χ4v) is 4.15. The summed E-state index contributed by atoms with van der Waals surface area (Å²) in [6, 6.07) is 15.4. The van der Waals surface area contributed by atoms with Crippen LogP contribution in [0, 0.1) is 11.3 Å². The van der Waals surface area contributed by atoms with Gasteiger partial charge in [0.25, 0.3) is 0 Å². The molecule has 2 rings (SSSR count). The number of carbonyl (C=O) groups excluding carboxylic acids is 1. The minimum atomic E-state index is -4.51. The van der Waals surface area contributed by atoms with Crippen molar-refractivity contribution >= 4 is 11.9 Å². The van der Waals surface area contributed by atoms with Crippen molar-refractivity contribution in [2.45, 2.75) is 63.4 Å². The maximum Gasteiger partial charge on any atom is 0.389 e. The third kappa shape index (κ3) is 16.3. The van der Waals surface area contributed by atoms with Crippen LogP contribution in [-0.2, 0) is 27.4 Å². The van der Waals surface area contributed by atoms with Gasteiger partial charge in [-0.1, -0.05) is 70.9 Å². The molecular formula is C29H34F6N6O4. The molecule has 10 nitrogen and oxygen atoms in total. The molecule has 0 heterocycles. The zero-order valence-electron chi connectivity index (χ0n) is 24.2. The number of azide groups is 2. The first kappa shape index (κ1) is 38.6. The highest BCUT2D eigenvalue weighted by molar-refractivity contribution is 5.70. The SMILES string of the molecule is [N-]=[N+]=NC(CC(Cc1ccccc1)C(=O)O)CC(F)(F)F.[N-]=[N+]=NC(CCC(=O)OCc1ccccc1)CC(CF)(CF)CF. The number of rotatable bonds is 18. The smallest absolute Gasteiger partial charge is 0.389 e. The Morgan fingerprint density at radius 3 is 1.80 bits per heavy atom. The molecule has 0 bridgehead atoms. The van der Waals surface area contributed by atoms with Gasteiger partial charge in [-0.15, -0.1) is 0 Å². The Morgan fingerprint density at radius 1 is 0.822 bits per heavy atom. The Balaban J connectivity index is 0.000000454. The first-order valence-electron chi connectivity index (χ1n) is 13.7. The molecular weight excluding hydrogens is 610 g/mol. The van der Waals surface area contributed by atoms with Crippen molar-refractivity contribution in [1.82, 2.24) is 0 Å². The summed E-state index contributed by atoms with van der Waals surface area (Å²) in [5, 5.41) is 15.6. The summed E-state index contributed by atoms with van der Waals surface area (Å²) in [6.45, 7) is -3.49. The maximum atomic E-state index is 12.9. The summed E-state index contributed by atoms with van der Waals surface area (Å²) in [4.78, 5) is 27.9. The minimum Gasteiger partial charge on any atom is -0.481 e. The van der Waals surface area contributed by atoms with E-state index in [2.05, 4.69) is 20.1 Å². The quantitative estimate of drug-likeness (QED) is 0.0567.